The summed E-state index contributed by atoms with van der Waals surface area (Å²) in [4.78, 5) is 21.2. The molecule has 0 aliphatic carbocycles. The summed E-state index contributed by atoms with van der Waals surface area (Å²) in [7, 11) is 0. The van der Waals surface area contributed by atoms with E-state index in [0.717, 1.165) is 0 Å². The highest BCUT2D eigenvalue weighted by atomic mass is 16.6. The topological polar surface area (TPSA) is 63.6 Å². The Morgan fingerprint density at radius 2 is 1.50 bits per heavy atom. The van der Waals surface area contributed by atoms with Crippen LogP contribution < -0.4 is 0 Å². The van der Waals surface area contributed by atoms with Crippen molar-refractivity contribution in [3.8, 4) is 24.7 Å². The van der Waals surface area contributed by atoms with Gasteiger partial charge in [0.25, 0.3) is 0 Å². The summed E-state index contributed by atoms with van der Waals surface area (Å²) in [6.45, 7) is 8.88. The smallest absolute Gasteiger partial charge is 0.310 e. The van der Waals surface area contributed by atoms with Crippen LogP contribution in [0.1, 0.15) is 47.5 Å². The van der Waals surface area contributed by atoms with E-state index in [1.54, 1.807) is 13.8 Å². The van der Waals surface area contributed by atoms with Gasteiger partial charge in [-0.25, -0.2) is 0 Å². The van der Waals surface area contributed by atoms with Crippen molar-refractivity contribution in [2.45, 2.75) is 53.1 Å². The van der Waals surface area contributed by atoms with Crippen LogP contribution >= 0.6 is 0 Å². The summed E-state index contributed by atoms with van der Waals surface area (Å²) >= 11 is 0. The molecule has 1 N–H and O–H groups in total. The van der Waals surface area contributed by atoms with E-state index in [9.17, 15) is 9.59 Å². The van der Waals surface area contributed by atoms with E-state index in [1.807, 2.05) is 20.8 Å². The quantitative estimate of drug-likeness (QED) is 0.635. The number of hydrogen-bond acceptors (Lipinski definition) is 3. The van der Waals surface area contributed by atoms with Gasteiger partial charge in [0.15, 0.2) is 0 Å². The van der Waals surface area contributed by atoms with Gasteiger partial charge in [-0.05, 0) is 20.8 Å². The Morgan fingerprint density at radius 3 is 1.75 bits per heavy atom. The zero-order valence-corrected chi connectivity index (χ0v) is 12.9. The first kappa shape index (κ1) is 20.4. The van der Waals surface area contributed by atoms with Crippen molar-refractivity contribution >= 4 is 11.9 Å². The maximum atomic E-state index is 11.2. The molecule has 0 saturated carbocycles. The molecule has 0 unspecified atom stereocenters. The second kappa shape index (κ2) is 9.92. The zero-order chi connectivity index (χ0) is 16.3. The first-order chi connectivity index (χ1) is 9.05. The zero-order valence-electron chi connectivity index (χ0n) is 12.9. The third-order valence-electron chi connectivity index (χ3n) is 2.08. The molecule has 0 bridgehead atoms. The number of carbonyl (C=O) groups is 2. The van der Waals surface area contributed by atoms with Gasteiger partial charge in [0.2, 0.25) is 0 Å². The molecule has 0 aliphatic heterocycles. The van der Waals surface area contributed by atoms with Gasteiger partial charge >= 0.3 is 11.9 Å². The fraction of sp³-hybridized carbons (Fsp3) is 0.625. The number of esters is 1. The summed E-state index contributed by atoms with van der Waals surface area (Å²) in [5, 5.41) is 8.22. The van der Waals surface area contributed by atoms with Crippen LogP contribution in [0.4, 0.5) is 0 Å². The Bertz CT molecular complexity index is 390. The van der Waals surface area contributed by atoms with E-state index < -0.39 is 17.5 Å². The van der Waals surface area contributed by atoms with Crippen molar-refractivity contribution in [3.05, 3.63) is 0 Å². The number of carbonyl (C=O) groups excluding carboxylic acids is 1. The number of aliphatic carboxylic acids is 1. The molecular formula is C16H24O4. The summed E-state index contributed by atoms with van der Waals surface area (Å²) in [5.41, 5.74) is -0.417. The molecule has 0 rings (SSSR count). The second-order valence-corrected chi connectivity index (χ2v) is 5.49. The molecule has 0 aromatic carbocycles. The predicted octanol–water partition coefficient (Wildman–Crippen LogP) is 2.72. The average Bonchev–Trinajstić information content (AvgIpc) is 2.28. The van der Waals surface area contributed by atoms with Crippen LogP contribution in [-0.2, 0) is 14.3 Å². The minimum absolute atomic E-state index is 0.200. The Morgan fingerprint density at radius 1 is 1.10 bits per heavy atom. The molecule has 0 aromatic heterocycles. The molecule has 4 nitrogen and oxygen atoms in total. The Kier molecular flexibility index (Phi) is 10.1. The SMILES string of the molecule is C#CC[C@H](C)C(=O)O.C#CC[C@H](C)C(=O)OC(C)(C)C. The van der Waals surface area contributed by atoms with Crippen LogP contribution in [0.2, 0.25) is 0 Å². The van der Waals surface area contributed by atoms with Gasteiger partial charge in [0.05, 0.1) is 11.8 Å². The summed E-state index contributed by atoms with van der Waals surface area (Å²) in [5.74, 6) is 3.05. The van der Waals surface area contributed by atoms with Crippen molar-refractivity contribution in [2.75, 3.05) is 0 Å². The molecule has 112 valence electrons. The molecule has 0 aliphatic rings. The van der Waals surface area contributed by atoms with E-state index in [2.05, 4.69) is 11.8 Å². The Labute approximate surface area is 121 Å². The second-order valence-electron chi connectivity index (χ2n) is 5.49. The van der Waals surface area contributed by atoms with Gasteiger partial charge < -0.3 is 9.84 Å². The minimum Gasteiger partial charge on any atom is -0.481 e. The van der Waals surface area contributed by atoms with Crippen LogP contribution in [0.5, 0.6) is 0 Å². The lowest BCUT2D eigenvalue weighted by Crippen LogP contribution is -2.27. The van der Waals surface area contributed by atoms with Gasteiger partial charge in [-0.2, -0.15) is 0 Å². The normalized spacial score (nSPS) is 12.8. The van der Waals surface area contributed by atoms with Crippen molar-refractivity contribution in [1.82, 2.24) is 0 Å². The third-order valence-corrected chi connectivity index (χ3v) is 2.08. The van der Waals surface area contributed by atoms with Crippen molar-refractivity contribution in [2.24, 2.45) is 11.8 Å². The lowest BCUT2D eigenvalue weighted by Gasteiger charge is -2.21. The standard InChI is InChI=1S/C10H16O2.C6H8O2/c1-6-7-8(2)9(11)12-10(3,4)5;1-3-4-5(2)6(7)8/h1,8H,7H2,2-5H3;1,5H,4H2,2H3,(H,7,8)/t8-;5-/m00/s1. The lowest BCUT2D eigenvalue weighted by atomic mass is 10.1. The highest BCUT2D eigenvalue weighted by molar-refractivity contribution is 5.72. The Hall–Kier alpha value is -1.94. The van der Waals surface area contributed by atoms with Gasteiger partial charge in [0.1, 0.15) is 5.60 Å². The van der Waals surface area contributed by atoms with Crippen molar-refractivity contribution < 1.29 is 19.4 Å². The summed E-state index contributed by atoms with van der Waals surface area (Å²) in [6, 6.07) is 0. The lowest BCUT2D eigenvalue weighted by molar-refractivity contribution is -0.159. The maximum Gasteiger partial charge on any atom is 0.310 e. The number of hydrogen-bond donors (Lipinski definition) is 1. The highest BCUT2D eigenvalue weighted by Gasteiger charge is 2.20. The van der Waals surface area contributed by atoms with E-state index in [0.29, 0.717) is 12.8 Å². The molecule has 2 atom stereocenters. The molecule has 0 amide bonds. The van der Waals surface area contributed by atoms with E-state index in [-0.39, 0.29) is 11.9 Å². The number of carboxylic acid groups (broad SMARTS) is 1. The molecule has 0 spiro atoms. The van der Waals surface area contributed by atoms with Crippen LogP contribution in [0.3, 0.4) is 0 Å². The molecule has 20 heavy (non-hydrogen) atoms. The fourth-order valence-electron chi connectivity index (χ4n) is 0.927. The molecule has 4 heteroatoms. The summed E-state index contributed by atoms with van der Waals surface area (Å²) < 4.78 is 5.12. The number of ether oxygens (including phenoxy) is 1. The van der Waals surface area contributed by atoms with E-state index in [4.69, 9.17) is 22.7 Å². The van der Waals surface area contributed by atoms with Crippen molar-refractivity contribution in [3.63, 3.8) is 0 Å². The highest BCUT2D eigenvalue weighted by Crippen LogP contribution is 2.12. The van der Waals surface area contributed by atoms with Crippen LogP contribution in [0.15, 0.2) is 0 Å². The van der Waals surface area contributed by atoms with Crippen LogP contribution in [0.25, 0.3) is 0 Å². The monoisotopic (exact) mass is 280 g/mol. The molecule has 0 fully saturated rings. The number of terminal acetylenes is 2. The molecule has 0 saturated heterocycles. The van der Waals surface area contributed by atoms with Crippen LogP contribution in [-0.4, -0.2) is 22.6 Å². The van der Waals surface area contributed by atoms with Crippen molar-refractivity contribution in [1.29, 1.82) is 0 Å². The number of carboxylic acids is 1. The third kappa shape index (κ3) is 12.5. The molecule has 0 radical (unpaired) electrons. The van der Waals surface area contributed by atoms with Gasteiger partial charge in [-0.1, -0.05) is 13.8 Å². The van der Waals surface area contributed by atoms with E-state index in [1.165, 1.54) is 0 Å². The maximum absolute atomic E-state index is 11.2. The van der Waals surface area contributed by atoms with Gasteiger partial charge in [0, 0.05) is 12.8 Å². The Balaban J connectivity index is 0. The fourth-order valence-corrected chi connectivity index (χ4v) is 0.927. The van der Waals surface area contributed by atoms with Gasteiger partial charge in [-0.3, -0.25) is 9.59 Å². The number of rotatable bonds is 4. The van der Waals surface area contributed by atoms with Gasteiger partial charge in [-0.15, -0.1) is 24.7 Å². The first-order valence-corrected chi connectivity index (χ1v) is 6.37. The predicted molar refractivity (Wildman–Crippen MR) is 78.7 cm³/mol. The average molecular weight is 280 g/mol. The van der Waals surface area contributed by atoms with Crippen LogP contribution in [0, 0.1) is 36.5 Å². The summed E-state index contributed by atoms with van der Waals surface area (Å²) in [6.07, 6.45) is 10.7. The first-order valence-electron chi connectivity index (χ1n) is 6.37. The largest absolute Gasteiger partial charge is 0.481 e. The molecule has 0 heterocycles. The molecular weight excluding hydrogens is 256 g/mol. The minimum atomic E-state index is -0.831. The van der Waals surface area contributed by atoms with E-state index >= 15 is 0 Å². The molecule has 0 aromatic rings.